The van der Waals surface area contributed by atoms with E-state index < -0.39 is 12.0 Å². The third-order valence-corrected chi connectivity index (χ3v) is 2.42. The molecule has 2 rings (SSSR count). The second kappa shape index (κ2) is 3.30. The first-order valence-corrected chi connectivity index (χ1v) is 4.67. The average Bonchev–Trinajstić information content (AvgIpc) is 2.69. The Hall–Kier alpha value is -1.44. The summed E-state index contributed by atoms with van der Waals surface area (Å²) in [6, 6.07) is 0. The van der Waals surface area contributed by atoms with Gasteiger partial charge in [-0.25, -0.2) is 4.98 Å². The normalized spacial score (nSPS) is 12.0. The van der Waals surface area contributed by atoms with Crippen molar-refractivity contribution in [2.24, 2.45) is 0 Å². The summed E-state index contributed by atoms with van der Waals surface area (Å²) >= 11 is 0.690. The first-order chi connectivity index (χ1) is 6.98. The summed E-state index contributed by atoms with van der Waals surface area (Å²) in [5.74, 6) is -0.546. The molecule has 4 nitrogen and oxygen atoms in total. The van der Waals surface area contributed by atoms with Crippen molar-refractivity contribution >= 4 is 11.5 Å². The number of rotatable bonds is 1. The van der Waals surface area contributed by atoms with Crippen molar-refractivity contribution < 1.29 is 13.2 Å². The molecule has 0 aliphatic heterocycles. The Balaban J connectivity index is 2.41. The third kappa shape index (κ3) is 1.84. The number of hydrogen-bond donors (Lipinski definition) is 0. The van der Waals surface area contributed by atoms with Gasteiger partial charge in [-0.05, 0) is 6.92 Å². The molecular formula is C7H5F3N4S. The van der Waals surface area contributed by atoms with E-state index in [9.17, 15) is 13.2 Å². The van der Waals surface area contributed by atoms with Crippen LogP contribution in [0.3, 0.4) is 0 Å². The standard InChI is InChI=1S/C7H5F3N4S/c1-4-11-2-3-14(4)6-12-5(13-15-6)7(8,9)10/h2-3H,1H3. The molecule has 8 heteroatoms. The van der Waals surface area contributed by atoms with E-state index in [-0.39, 0.29) is 5.13 Å². The Kier molecular flexibility index (Phi) is 2.22. The van der Waals surface area contributed by atoms with E-state index in [2.05, 4.69) is 14.3 Å². The number of aryl methyl sites for hydroxylation is 1. The number of alkyl halides is 3. The first-order valence-electron chi connectivity index (χ1n) is 3.90. The molecule has 2 heterocycles. The van der Waals surface area contributed by atoms with E-state index in [1.165, 1.54) is 17.0 Å². The van der Waals surface area contributed by atoms with Crippen molar-refractivity contribution in [1.82, 2.24) is 18.9 Å². The van der Waals surface area contributed by atoms with Gasteiger partial charge in [-0.15, -0.1) is 0 Å². The van der Waals surface area contributed by atoms with Crippen molar-refractivity contribution in [2.45, 2.75) is 13.1 Å². The minimum Gasteiger partial charge on any atom is -0.278 e. The Morgan fingerprint density at radius 3 is 2.60 bits per heavy atom. The van der Waals surface area contributed by atoms with Gasteiger partial charge in [0.15, 0.2) is 0 Å². The maximum absolute atomic E-state index is 12.2. The highest BCUT2D eigenvalue weighted by atomic mass is 32.1. The van der Waals surface area contributed by atoms with Gasteiger partial charge in [-0.1, -0.05) is 0 Å². The van der Waals surface area contributed by atoms with Crippen LogP contribution in [0.2, 0.25) is 0 Å². The largest absolute Gasteiger partial charge is 0.452 e. The number of hydrogen-bond acceptors (Lipinski definition) is 4. The molecule has 0 N–H and O–H groups in total. The maximum Gasteiger partial charge on any atom is 0.452 e. The Bertz CT molecular complexity index is 473. The van der Waals surface area contributed by atoms with E-state index in [1.807, 2.05) is 0 Å². The molecule has 0 spiro atoms. The summed E-state index contributed by atoms with van der Waals surface area (Å²) in [6.07, 6.45) is -1.47. The second-order valence-corrected chi connectivity index (χ2v) is 3.47. The molecule has 2 aromatic heterocycles. The van der Waals surface area contributed by atoms with Crippen LogP contribution in [0.5, 0.6) is 0 Å². The highest BCUT2D eigenvalue weighted by molar-refractivity contribution is 7.08. The average molecular weight is 234 g/mol. The van der Waals surface area contributed by atoms with Crippen molar-refractivity contribution in [2.75, 3.05) is 0 Å². The number of aromatic nitrogens is 4. The summed E-state index contributed by atoms with van der Waals surface area (Å²) < 4.78 is 41.3. The maximum atomic E-state index is 12.2. The molecule has 0 unspecified atom stereocenters. The van der Waals surface area contributed by atoms with Crippen LogP contribution in [0, 0.1) is 6.92 Å². The van der Waals surface area contributed by atoms with E-state index in [1.54, 1.807) is 6.92 Å². The van der Waals surface area contributed by atoms with E-state index in [0.29, 0.717) is 17.4 Å². The quantitative estimate of drug-likeness (QED) is 0.758. The topological polar surface area (TPSA) is 43.6 Å². The fourth-order valence-electron chi connectivity index (χ4n) is 1.01. The number of halogens is 3. The lowest BCUT2D eigenvalue weighted by molar-refractivity contribution is -0.144. The molecule has 0 aliphatic carbocycles. The molecule has 0 amide bonds. The van der Waals surface area contributed by atoms with Gasteiger partial charge < -0.3 is 0 Å². The van der Waals surface area contributed by atoms with Crippen molar-refractivity contribution in [3.8, 4) is 5.13 Å². The molecule has 0 radical (unpaired) electrons. The lowest BCUT2D eigenvalue weighted by atomic mass is 10.6. The summed E-state index contributed by atoms with van der Waals surface area (Å²) in [5.41, 5.74) is 0. The molecule has 0 aromatic carbocycles. The highest BCUT2D eigenvalue weighted by Gasteiger charge is 2.36. The van der Waals surface area contributed by atoms with Crippen LogP contribution in [0.4, 0.5) is 13.2 Å². The number of nitrogens with zero attached hydrogens (tertiary/aromatic N) is 4. The van der Waals surface area contributed by atoms with Gasteiger partial charge in [0, 0.05) is 23.9 Å². The lowest BCUT2D eigenvalue weighted by Gasteiger charge is -1.99. The van der Waals surface area contributed by atoms with Crippen LogP contribution >= 0.6 is 11.5 Å². The fraction of sp³-hybridized carbons (Fsp3) is 0.286. The van der Waals surface area contributed by atoms with E-state index in [0.717, 1.165) is 0 Å². The first kappa shape index (κ1) is 10.1. The van der Waals surface area contributed by atoms with Crippen LogP contribution in [0.1, 0.15) is 11.6 Å². The van der Waals surface area contributed by atoms with Gasteiger partial charge in [0.1, 0.15) is 5.82 Å². The van der Waals surface area contributed by atoms with E-state index >= 15 is 0 Å². The zero-order valence-corrected chi connectivity index (χ0v) is 8.30. The molecular weight excluding hydrogens is 229 g/mol. The van der Waals surface area contributed by atoms with Crippen molar-refractivity contribution in [1.29, 1.82) is 0 Å². The minimum absolute atomic E-state index is 0.164. The molecule has 0 aliphatic rings. The molecule has 0 fully saturated rings. The second-order valence-electron chi connectivity index (χ2n) is 2.74. The smallest absolute Gasteiger partial charge is 0.278 e. The SMILES string of the molecule is Cc1nccn1-c1nc(C(F)(F)F)ns1. The third-order valence-electron chi connectivity index (χ3n) is 1.70. The summed E-state index contributed by atoms with van der Waals surface area (Å²) in [7, 11) is 0. The fourth-order valence-corrected chi connectivity index (χ4v) is 1.73. The van der Waals surface area contributed by atoms with Gasteiger partial charge in [0.2, 0.25) is 11.0 Å². The van der Waals surface area contributed by atoms with Gasteiger partial charge in [0.05, 0.1) is 0 Å². The minimum atomic E-state index is -4.50. The van der Waals surface area contributed by atoms with Crippen LogP contribution < -0.4 is 0 Å². The zero-order valence-electron chi connectivity index (χ0n) is 7.49. The van der Waals surface area contributed by atoms with Crippen molar-refractivity contribution in [3.05, 3.63) is 24.0 Å². The predicted molar refractivity (Wildman–Crippen MR) is 46.8 cm³/mol. The molecule has 15 heavy (non-hydrogen) atoms. The monoisotopic (exact) mass is 234 g/mol. The summed E-state index contributed by atoms with van der Waals surface area (Å²) in [6.45, 7) is 1.68. The van der Waals surface area contributed by atoms with Gasteiger partial charge in [-0.3, -0.25) is 4.57 Å². The lowest BCUT2D eigenvalue weighted by Crippen LogP contribution is -2.07. The van der Waals surface area contributed by atoms with E-state index in [4.69, 9.17) is 0 Å². The predicted octanol–water partition coefficient (Wildman–Crippen LogP) is 2.05. The zero-order chi connectivity index (χ0) is 11.1. The van der Waals surface area contributed by atoms with Crippen LogP contribution in [0.15, 0.2) is 12.4 Å². The van der Waals surface area contributed by atoms with Crippen LogP contribution in [-0.2, 0) is 6.18 Å². The highest BCUT2D eigenvalue weighted by Crippen LogP contribution is 2.28. The summed E-state index contributed by atoms with van der Waals surface area (Å²) in [4.78, 5) is 7.28. The Morgan fingerprint density at radius 2 is 2.13 bits per heavy atom. The van der Waals surface area contributed by atoms with Crippen molar-refractivity contribution in [3.63, 3.8) is 0 Å². The molecule has 0 bridgehead atoms. The molecule has 2 aromatic rings. The van der Waals surface area contributed by atoms with Crippen LogP contribution in [0.25, 0.3) is 5.13 Å². The molecule has 0 atom stereocenters. The molecule has 80 valence electrons. The van der Waals surface area contributed by atoms with Gasteiger partial charge in [0.25, 0.3) is 0 Å². The van der Waals surface area contributed by atoms with Gasteiger partial charge in [-0.2, -0.15) is 22.5 Å². The van der Waals surface area contributed by atoms with Gasteiger partial charge >= 0.3 is 6.18 Å². The molecule has 0 saturated heterocycles. The number of imidazole rings is 1. The Labute approximate surface area is 86.6 Å². The van der Waals surface area contributed by atoms with Crippen LogP contribution in [-0.4, -0.2) is 18.9 Å². The summed E-state index contributed by atoms with van der Waals surface area (Å²) in [5, 5.41) is 0.164. The Morgan fingerprint density at radius 1 is 1.40 bits per heavy atom. The molecule has 0 saturated carbocycles.